The molecule has 0 aromatic carbocycles. The van der Waals surface area contributed by atoms with Crippen molar-refractivity contribution >= 4 is 16.5 Å². The predicted molar refractivity (Wildman–Crippen MR) is 70.7 cm³/mol. The van der Waals surface area contributed by atoms with Crippen molar-refractivity contribution in [2.45, 2.75) is 51.1 Å². The van der Waals surface area contributed by atoms with Gasteiger partial charge < -0.3 is 10.2 Å². The number of aryl methyl sites for hydroxylation is 1. The molecule has 3 rings (SSSR count). The molecule has 1 saturated heterocycles. The Morgan fingerprint density at radius 1 is 1.29 bits per heavy atom. The summed E-state index contributed by atoms with van der Waals surface area (Å²) < 4.78 is 0. The summed E-state index contributed by atoms with van der Waals surface area (Å²) in [7, 11) is 0. The van der Waals surface area contributed by atoms with Crippen LogP contribution < -0.4 is 10.2 Å². The van der Waals surface area contributed by atoms with E-state index in [-0.39, 0.29) is 0 Å². The van der Waals surface area contributed by atoms with Gasteiger partial charge in [0.15, 0.2) is 0 Å². The van der Waals surface area contributed by atoms with Crippen molar-refractivity contribution in [3.8, 4) is 0 Å². The number of nitrogens with one attached hydrogen (secondary N) is 1. The summed E-state index contributed by atoms with van der Waals surface area (Å²) in [5.41, 5.74) is 0. The van der Waals surface area contributed by atoms with E-state index < -0.39 is 0 Å². The van der Waals surface area contributed by atoms with Crippen LogP contribution in [0.25, 0.3) is 0 Å². The molecule has 1 aliphatic heterocycles. The smallest absolute Gasteiger partial charge is 0.208 e. The Morgan fingerprint density at radius 3 is 2.88 bits per heavy atom. The summed E-state index contributed by atoms with van der Waals surface area (Å²) in [5, 5.41) is 14.3. The highest BCUT2D eigenvalue weighted by molar-refractivity contribution is 7.15. The Morgan fingerprint density at radius 2 is 2.18 bits per heavy atom. The maximum atomic E-state index is 4.30. The van der Waals surface area contributed by atoms with Crippen molar-refractivity contribution in [1.29, 1.82) is 0 Å². The Labute approximate surface area is 106 Å². The first-order valence-electron chi connectivity index (χ1n) is 6.63. The van der Waals surface area contributed by atoms with Crippen LogP contribution in [0.2, 0.25) is 0 Å². The molecule has 4 nitrogen and oxygen atoms in total. The van der Waals surface area contributed by atoms with E-state index in [0.29, 0.717) is 6.04 Å². The van der Waals surface area contributed by atoms with E-state index in [1.54, 1.807) is 11.3 Å². The molecule has 94 valence electrons. The first-order valence-corrected chi connectivity index (χ1v) is 7.45. The Balaban J connectivity index is 1.65. The van der Waals surface area contributed by atoms with Crippen LogP contribution in [0.3, 0.4) is 0 Å². The number of anilines is 1. The van der Waals surface area contributed by atoms with Crippen molar-refractivity contribution in [1.82, 2.24) is 15.5 Å². The van der Waals surface area contributed by atoms with E-state index in [1.165, 1.54) is 32.1 Å². The van der Waals surface area contributed by atoms with Gasteiger partial charge in [0.2, 0.25) is 5.13 Å². The molecule has 1 atom stereocenters. The molecule has 2 fully saturated rings. The van der Waals surface area contributed by atoms with Gasteiger partial charge in [0.25, 0.3) is 0 Å². The van der Waals surface area contributed by atoms with Crippen LogP contribution in [0.5, 0.6) is 0 Å². The molecule has 5 heteroatoms. The molecule has 0 amide bonds. The lowest BCUT2D eigenvalue weighted by Gasteiger charge is -2.35. The standard InChI is InChI=1S/C12H20N4S/c1-9-14-15-12(17-9)16-7-3-2-4-11(16)8-13-10-5-6-10/h10-11,13H,2-8H2,1H3. The monoisotopic (exact) mass is 252 g/mol. The Bertz CT molecular complexity index is 374. The van der Waals surface area contributed by atoms with Crippen LogP contribution in [0.15, 0.2) is 0 Å². The average Bonchev–Trinajstić information content (AvgIpc) is 3.08. The molecule has 1 aromatic rings. The van der Waals surface area contributed by atoms with E-state index in [9.17, 15) is 0 Å². The Kier molecular flexibility index (Phi) is 3.29. The van der Waals surface area contributed by atoms with Gasteiger partial charge >= 0.3 is 0 Å². The zero-order chi connectivity index (χ0) is 11.7. The van der Waals surface area contributed by atoms with Gasteiger partial charge in [-0.1, -0.05) is 11.3 Å². The van der Waals surface area contributed by atoms with Gasteiger partial charge in [-0.25, -0.2) is 0 Å². The lowest BCUT2D eigenvalue weighted by molar-refractivity contribution is 0.433. The second-order valence-electron chi connectivity index (χ2n) is 5.13. The van der Waals surface area contributed by atoms with Gasteiger partial charge in [-0.15, -0.1) is 10.2 Å². The summed E-state index contributed by atoms with van der Waals surface area (Å²) >= 11 is 1.72. The number of nitrogens with zero attached hydrogens (tertiary/aromatic N) is 3. The topological polar surface area (TPSA) is 41.1 Å². The van der Waals surface area contributed by atoms with Gasteiger partial charge in [-0.2, -0.15) is 0 Å². The van der Waals surface area contributed by atoms with Crippen molar-refractivity contribution in [2.75, 3.05) is 18.0 Å². The SMILES string of the molecule is Cc1nnc(N2CCCCC2CNC2CC2)s1. The highest BCUT2D eigenvalue weighted by atomic mass is 32.1. The van der Waals surface area contributed by atoms with Crippen LogP contribution in [-0.2, 0) is 0 Å². The predicted octanol–water partition coefficient (Wildman–Crippen LogP) is 1.96. The van der Waals surface area contributed by atoms with E-state index in [4.69, 9.17) is 0 Å². The molecule has 1 N–H and O–H groups in total. The van der Waals surface area contributed by atoms with E-state index >= 15 is 0 Å². The summed E-state index contributed by atoms with van der Waals surface area (Å²) in [6.45, 7) is 4.29. The first-order chi connectivity index (χ1) is 8.33. The largest absolute Gasteiger partial charge is 0.342 e. The number of aromatic nitrogens is 2. The first kappa shape index (κ1) is 11.4. The zero-order valence-corrected chi connectivity index (χ0v) is 11.2. The molecule has 1 aliphatic carbocycles. The minimum atomic E-state index is 0.622. The van der Waals surface area contributed by atoms with Gasteiger partial charge in [0, 0.05) is 25.2 Å². The molecular formula is C12H20N4S. The minimum absolute atomic E-state index is 0.622. The molecule has 2 aliphatic rings. The second kappa shape index (κ2) is 4.90. The number of rotatable bonds is 4. The molecule has 0 spiro atoms. The second-order valence-corrected chi connectivity index (χ2v) is 6.29. The van der Waals surface area contributed by atoms with Crippen LogP contribution >= 0.6 is 11.3 Å². The van der Waals surface area contributed by atoms with E-state index in [0.717, 1.165) is 29.3 Å². The highest BCUT2D eigenvalue weighted by Gasteiger charge is 2.27. The summed E-state index contributed by atoms with van der Waals surface area (Å²) in [4.78, 5) is 2.46. The summed E-state index contributed by atoms with van der Waals surface area (Å²) in [6.07, 6.45) is 6.66. The summed E-state index contributed by atoms with van der Waals surface area (Å²) in [5.74, 6) is 0. The van der Waals surface area contributed by atoms with Crippen molar-refractivity contribution in [3.63, 3.8) is 0 Å². The molecule has 0 radical (unpaired) electrons. The van der Waals surface area contributed by atoms with E-state index in [2.05, 4.69) is 20.4 Å². The number of hydrogen-bond donors (Lipinski definition) is 1. The zero-order valence-electron chi connectivity index (χ0n) is 10.4. The molecular weight excluding hydrogens is 232 g/mol. The van der Waals surface area contributed by atoms with Gasteiger partial charge in [0.05, 0.1) is 0 Å². The average molecular weight is 252 g/mol. The maximum Gasteiger partial charge on any atom is 0.208 e. The van der Waals surface area contributed by atoms with Crippen LogP contribution in [0, 0.1) is 6.92 Å². The van der Waals surface area contributed by atoms with Gasteiger partial charge in [0.1, 0.15) is 5.01 Å². The number of piperidine rings is 1. The lowest BCUT2D eigenvalue weighted by Crippen LogP contribution is -2.46. The van der Waals surface area contributed by atoms with Crippen LogP contribution in [0.1, 0.15) is 37.1 Å². The van der Waals surface area contributed by atoms with Crippen LogP contribution in [-0.4, -0.2) is 35.4 Å². The van der Waals surface area contributed by atoms with E-state index in [1.807, 2.05) is 6.92 Å². The molecule has 1 unspecified atom stereocenters. The minimum Gasteiger partial charge on any atom is -0.342 e. The fraction of sp³-hybridized carbons (Fsp3) is 0.833. The van der Waals surface area contributed by atoms with Gasteiger partial charge in [-0.3, -0.25) is 0 Å². The molecule has 1 aromatic heterocycles. The molecule has 2 heterocycles. The lowest BCUT2D eigenvalue weighted by atomic mass is 10.0. The highest BCUT2D eigenvalue weighted by Crippen LogP contribution is 2.28. The van der Waals surface area contributed by atoms with Gasteiger partial charge in [-0.05, 0) is 39.0 Å². The molecule has 1 saturated carbocycles. The third-order valence-corrected chi connectivity index (χ3v) is 4.48. The number of hydrogen-bond acceptors (Lipinski definition) is 5. The molecule has 0 bridgehead atoms. The summed E-state index contributed by atoms with van der Waals surface area (Å²) in [6, 6.07) is 1.42. The fourth-order valence-electron chi connectivity index (χ4n) is 2.46. The Hall–Kier alpha value is -0.680. The van der Waals surface area contributed by atoms with Crippen LogP contribution in [0.4, 0.5) is 5.13 Å². The van der Waals surface area contributed by atoms with Crippen molar-refractivity contribution in [3.05, 3.63) is 5.01 Å². The fourth-order valence-corrected chi connectivity index (χ4v) is 3.24. The van der Waals surface area contributed by atoms with Crippen molar-refractivity contribution in [2.24, 2.45) is 0 Å². The normalized spacial score (nSPS) is 25.2. The third kappa shape index (κ3) is 2.77. The maximum absolute atomic E-state index is 4.30. The quantitative estimate of drug-likeness (QED) is 0.889. The molecule has 17 heavy (non-hydrogen) atoms. The third-order valence-electron chi connectivity index (χ3n) is 3.61. The van der Waals surface area contributed by atoms with Crippen molar-refractivity contribution < 1.29 is 0 Å².